The van der Waals surface area contributed by atoms with Crippen molar-refractivity contribution >= 4 is 5.97 Å². The molecule has 2 aromatic rings. The van der Waals surface area contributed by atoms with E-state index in [-0.39, 0.29) is 5.82 Å². The van der Waals surface area contributed by atoms with Gasteiger partial charge in [-0.05, 0) is 43.1 Å². The molecule has 2 atom stereocenters. The van der Waals surface area contributed by atoms with Crippen LogP contribution in [0.4, 0.5) is 4.39 Å². The summed E-state index contributed by atoms with van der Waals surface area (Å²) in [6.07, 6.45) is 2.28. The van der Waals surface area contributed by atoms with E-state index in [4.69, 9.17) is 9.47 Å². The van der Waals surface area contributed by atoms with E-state index < -0.39 is 18.1 Å². The summed E-state index contributed by atoms with van der Waals surface area (Å²) in [7, 11) is 3.09. The van der Waals surface area contributed by atoms with E-state index in [9.17, 15) is 14.3 Å². The van der Waals surface area contributed by atoms with Gasteiger partial charge in [0.25, 0.3) is 0 Å². The van der Waals surface area contributed by atoms with Gasteiger partial charge in [0, 0.05) is 5.56 Å². The van der Waals surface area contributed by atoms with Crippen molar-refractivity contribution in [1.29, 1.82) is 0 Å². The lowest BCUT2D eigenvalue weighted by atomic mass is 9.91. The predicted octanol–water partition coefficient (Wildman–Crippen LogP) is 3.87. The number of aliphatic carboxylic acids is 1. The van der Waals surface area contributed by atoms with Crippen LogP contribution in [0.3, 0.4) is 0 Å². The average Bonchev–Trinajstić information content (AvgIpc) is 2.69. The molecule has 0 aromatic heterocycles. The quantitative estimate of drug-likeness (QED) is 0.833. The van der Waals surface area contributed by atoms with Crippen molar-refractivity contribution in [1.82, 2.24) is 4.90 Å². The summed E-state index contributed by atoms with van der Waals surface area (Å²) >= 11 is 0. The van der Waals surface area contributed by atoms with E-state index in [0.717, 1.165) is 18.4 Å². The minimum atomic E-state index is -0.878. The molecule has 27 heavy (non-hydrogen) atoms. The lowest BCUT2D eigenvalue weighted by Gasteiger charge is -2.39. The van der Waals surface area contributed by atoms with Gasteiger partial charge in [-0.2, -0.15) is 0 Å². The second-order valence-electron chi connectivity index (χ2n) is 6.63. The fourth-order valence-corrected chi connectivity index (χ4v) is 3.80. The molecule has 1 aliphatic rings. The maximum absolute atomic E-state index is 14.7. The van der Waals surface area contributed by atoms with E-state index in [2.05, 4.69) is 0 Å². The lowest BCUT2D eigenvalue weighted by Crippen LogP contribution is -2.47. The number of ether oxygens (including phenoxy) is 2. The number of hydrogen-bond donors (Lipinski definition) is 1. The van der Waals surface area contributed by atoms with Gasteiger partial charge in [-0.15, -0.1) is 0 Å². The highest BCUT2D eigenvalue weighted by Crippen LogP contribution is 2.38. The van der Waals surface area contributed by atoms with Gasteiger partial charge < -0.3 is 14.6 Å². The van der Waals surface area contributed by atoms with Crippen LogP contribution >= 0.6 is 0 Å². The van der Waals surface area contributed by atoms with E-state index in [1.165, 1.54) is 6.07 Å². The Kier molecular flexibility index (Phi) is 5.96. The van der Waals surface area contributed by atoms with Crippen molar-refractivity contribution in [2.45, 2.75) is 31.3 Å². The molecule has 144 valence electrons. The second kappa shape index (κ2) is 8.39. The molecule has 0 amide bonds. The molecule has 0 spiro atoms. The average molecular weight is 373 g/mol. The molecule has 3 rings (SSSR count). The summed E-state index contributed by atoms with van der Waals surface area (Å²) in [5, 5.41) is 9.72. The van der Waals surface area contributed by atoms with Crippen molar-refractivity contribution in [2.24, 2.45) is 0 Å². The van der Waals surface area contributed by atoms with Crippen molar-refractivity contribution in [3.8, 4) is 11.5 Å². The Labute approximate surface area is 158 Å². The monoisotopic (exact) mass is 373 g/mol. The van der Waals surface area contributed by atoms with E-state index in [1.807, 2.05) is 11.0 Å². The van der Waals surface area contributed by atoms with E-state index >= 15 is 0 Å². The number of hydrogen-bond acceptors (Lipinski definition) is 4. The zero-order valence-corrected chi connectivity index (χ0v) is 15.5. The topological polar surface area (TPSA) is 59.0 Å². The first-order chi connectivity index (χ1) is 13.1. The Morgan fingerprint density at radius 1 is 1.15 bits per heavy atom. The van der Waals surface area contributed by atoms with Crippen LogP contribution < -0.4 is 9.47 Å². The fraction of sp³-hybridized carbons (Fsp3) is 0.381. The minimum Gasteiger partial charge on any atom is -0.493 e. The van der Waals surface area contributed by atoms with Crippen LogP contribution in [0.15, 0.2) is 42.5 Å². The van der Waals surface area contributed by atoms with E-state index in [0.29, 0.717) is 30.0 Å². The zero-order chi connectivity index (χ0) is 19.4. The van der Waals surface area contributed by atoms with Crippen molar-refractivity contribution < 1.29 is 23.8 Å². The molecule has 2 aromatic carbocycles. The number of piperidine rings is 1. The summed E-state index contributed by atoms with van der Waals surface area (Å²) in [6, 6.07) is 10.7. The third kappa shape index (κ3) is 3.90. The van der Waals surface area contributed by atoms with Crippen LogP contribution in [0.25, 0.3) is 0 Å². The van der Waals surface area contributed by atoms with Crippen LogP contribution in [0.2, 0.25) is 0 Å². The van der Waals surface area contributed by atoms with Crippen LogP contribution in [-0.2, 0) is 4.79 Å². The number of rotatable bonds is 6. The maximum atomic E-state index is 14.7. The van der Waals surface area contributed by atoms with Crippen LogP contribution in [0.5, 0.6) is 11.5 Å². The summed E-state index contributed by atoms with van der Waals surface area (Å²) in [5.74, 6) is -0.134. The summed E-state index contributed by atoms with van der Waals surface area (Å²) < 4.78 is 25.4. The van der Waals surface area contributed by atoms with Gasteiger partial charge in [-0.1, -0.05) is 30.7 Å². The Morgan fingerprint density at radius 2 is 1.89 bits per heavy atom. The van der Waals surface area contributed by atoms with Crippen LogP contribution in [0.1, 0.15) is 36.4 Å². The first-order valence-corrected chi connectivity index (χ1v) is 9.01. The summed E-state index contributed by atoms with van der Waals surface area (Å²) in [5.41, 5.74) is 1.23. The molecule has 6 heteroatoms. The standard InChI is InChI=1S/C21H24FNO4/c1-26-18-11-10-14(13-19(18)27-2)20(15-7-3-4-8-16(15)22)23-12-6-5-9-17(23)21(24)25/h3-4,7-8,10-11,13,17,20H,5-6,9,12H2,1-2H3,(H,24,25). The first kappa shape index (κ1) is 19.2. The number of benzene rings is 2. The maximum Gasteiger partial charge on any atom is 0.320 e. The Balaban J connectivity index is 2.13. The van der Waals surface area contributed by atoms with Gasteiger partial charge in [0.1, 0.15) is 11.9 Å². The van der Waals surface area contributed by atoms with Crippen LogP contribution in [-0.4, -0.2) is 42.8 Å². The Bertz CT molecular complexity index is 811. The number of carbonyl (C=O) groups is 1. The third-order valence-electron chi connectivity index (χ3n) is 5.08. The zero-order valence-electron chi connectivity index (χ0n) is 15.5. The second-order valence-corrected chi connectivity index (χ2v) is 6.63. The number of carboxylic acids is 1. The van der Waals surface area contributed by atoms with Gasteiger partial charge in [0.05, 0.1) is 20.3 Å². The molecule has 1 heterocycles. The number of nitrogens with zero attached hydrogens (tertiary/aromatic N) is 1. The van der Waals surface area contributed by atoms with Crippen molar-refractivity contribution in [2.75, 3.05) is 20.8 Å². The molecule has 2 unspecified atom stereocenters. The molecule has 1 saturated heterocycles. The van der Waals surface area contributed by atoms with Crippen molar-refractivity contribution in [3.63, 3.8) is 0 Å². The van der Waals surface area contributed by atoms with Gasteiger partial charge >= 0.3 is 5.97 Å². The van der Waals surface area contributed by atoms with Gasteiger partial charge in [0.2, 0.25) is 0 Å². The number of halogens is 1. The predicted molar refractivity (Wildman–Crippen MR) is 99.8 cm³/mol. The fourth-order valence-electron chi connectivity index (χ4n) is 3.80. The van der Waals surface area contributed by atoms with Gasteiger partial charge in [0.15, 0.2) is 11.5 Å². The number of methoxy groups -OCH3 is 2. The minimum absolute atomic E-state index is 0.355. The normalized spacial score (nSPS) is 18.7. The first-order valence-electron chi connectivity index (χ1n) is 9.01. The Morgan fingerprint density at radius 3 is 2.56 bits per heavy atom. The van der Waals surface area contributed by atoms with E-state index in [1.54, 1.807) is 44.6 Å². The Hall–Kier alpha value is -2.60. The molecule has 1 fully saturated rings. The molecule has 0 aliphatic carbocycles. The number of carboxylic acid groups (broad SMARTS) is 1. The summed E-state index contributed by atoms with van der Waals surface area (Å²) in [4.78, 5) is 13.7. The van der Waals surface area contributed by atoms with Crippen molar-refractivity contribution in [3.05, 3.63) is 59.4 Å². The highest BCUT2D eigenvalue weighted by Gasteiger charge is 2.36. The summed E-state index contributed by atoms with van der Waals surface area (Å²) in [6.45, 7) is 0.588. The van der Waals surface area contributed by atoms with Gasteiger partial charge in [-0.25, -0.2) is 4.39 Å². The highest BCUT2D eigenvalue weighted by molar-refractivity contribution is 5.73. The third-order valence-corrected chi connectivity index (χ3v) is 5.08. The number of likely N-dealkylation sites (tertiary alicyclic amines) is 1. The SMILES string of the molecule is COc1ccc(C(c2ccccc2F)N2CCCCC2C(=O)O)cc1OC. The molecule has 5 nitrogen and oxygen atoms in total. The largest absolute Gasteiger partial charge is 0.493 e. The van der Waals surface area contributed by atoms with Gasteiger partial charge in [-0.3, -0.25) is 9.69 Å². The molecule has 1 N–H and O–H groups in total. The molecule has 0 bridgehead atoms. The highest BCUT2D eigenvalue weighted by atomic mass is 19.1. The lowest BCUT2D eigenvalue weighted by molar-refractivity contribution is -0.145. The molecule has 1 aliphatic heterocycles. The molecule has 0 saturated carbocycles. The smallest absolute Gasteiger partial charge is 0.320 e. The molecular weight excluding hydrogens is 349 g/mol. The molecule has 0 radical (unpaired) electrons. The molecular formula is C21H24FNO4. The van der Waals surface area contributed by atoms with Crippen LogP contribution in [0, 0.1) is 5.82 Å².